The molecule has 1 spiro atoms. The first-order valence-electron chi connectivity index (χ1n) is 5.14. The van der Waals surface area contributed by atoms with Gasteiger partial charge in [0.1, 0.15) is 0 Å². The van der Waals surface area contributed by atoms with Gasteiger partial charge in [-0.05, 0) is 31.3 Å². The van der Waals surface area contributed by atoms with Gasteiger partial charge in [-0.2, -0.15) is 0 Å². The summed E-state index contributed by atoms with van der Waals surface area (Å²) < 4.78 is 10.8. The fourth-order valence-electron chi connectivity index (χ4n) is 2.79. The Kier molecular flexibility index (Phi) is 2.77. The van der Waals surface area contributed by atoms with Gasteiger partial charge in [0.15, 0.2) is 5.79 Å². The summed E-state index contributed by atoms with van der Waals surface area (Å²) in [7, 11) is 3.35. The van der Waals surface area contributed by atoms with Crippen molar-refractivity contribution in [3.05, 3.63) is 0 Å². The molecular weight excluding hydrogens is 202 g/mol. The molecule has 0 aromatic rings. The first-order valence-corrected chi connectivity index (χ1v) is 5.58. The predicted octanol–water partition coefficient (Wildman–Crippen LogP) is 1.36. The molecule has 0 aromatic carbocycles. The fraction of sp³-hybridized carbons (Fsp3) is 1.00. The lowest BCUT2D eigenvalue weighted by molar-refractivity contribution is -0.295. The highest BCUT2D eigenvalue weighted by Gasteiger charge is 2.63. The topological polar surface area (TPSA) is 30.5 Å². The molecule has 14 heavy (non-hydrogen) atoms. The SMILES string of the molecule is COC1(OC)CC2(CCNCC2)C1Cl. The number of hydrogen-bond donors (Lipinski definition) is 1. The maximum Gasteiger partial charge on any atom is 0.185 e. The molecule has 0 amide bonds. The zero-order valence-corrected chi connectivity index (χ0v) is 9.56. The highest BCUT2D eigenvalue weighted by Crippen LogP contribution is 2.58. The summed E-state index contributed by atoms with van der Waals surface area (Å²) in [6.07, 6.45) is 3.20. The van der Waals surface area contributed by atoms with E-state index in [9.17, 15) is 0 Å². The van der Waals surface area contributed by atoms with E-state index in [0.29, 0.717) is 0 Å². The molecule has 1 aliphatic carbocycles. The van der Waals surface area contributed by atoms with E-state index in [1.807, 2.05) is 0 Å². The minimum absolute atomic E-state index is 0.00731. The second-order valence-corrected chi connectivity index (χ2v) is 4.81. The van der Waals surface area contributed by atoms with E-state index in [2.05, 4.69) is 5.32 Å². The van der Waals surface area contributed by atoms with Crippen molar-refractivity contribution in [3.63, 3.8) is 0 Å². The van der Waals surface area contributed by atoms with Gasteiger partial charge in [0.25, 0.3) is 0 Å². The molecule has 3 nitrogen and oxygen atoms in total. The molecule has 1 atom stereocenters. The fourth-order valence-corrected chi connectivity index (χ4v) is 3.35. The summed E-state index contributed by atoms with van der Waals surface area (Å²) in [5.41, 5.74) is 0.249. The third kappa shape index (κ3) is 1.30. The molecule has 1 aliphatic heterocycles. The van der Waals surface area contributed by atoms with Crippen LogP contribution in [0.5, 0.6) is 0 Å². The van der Waals surface area contributed by atoms with Crippen LogP contribution in [-0.2, 0) is 9.47 Å². The van der Waals surface area contributed by atoms with E-state index in [1.165, 1.54) is 0 Å². The monoisotopic (exact) mass is 219 g/mol. The lowest BCUT2D eigenvalue weighted by atomic mass is 9.59. The molecule has 2 rings (SSSR count). The van der Waals surface area contributed by atoms with Crippen LogP contribution in [0.15, 0.2) is 0 Å². The van der Waals surface area contributed by atoms with E-state index in [4.69, 9.17) is 21.1 Å². The van der Waals surface area contributed by atoms with E-state index < -0.39 is 5.79 Å². The molecule has 1 saturated carbocycles. The summed E-state index contributed by atoms with van der Waals surface area (Å²) in [5.74, 6) is -0.529. The highest BCUT2D eigenvalue weighted by molar-refractivity contribution is 6.22. The van der Waals surface area contributed by atoms with Crippen LogP contribution < -0.4 is 5.32 Å². The largest absolute Gasteiger partial charge is 0.352 e. The standard InChI is InChI=1S/C10H18ClNO2/c1-13-10(14-2)7-9(8(10)11)3-5-12-6-4-9/h8,12H,3-7H2,1-2H3. The number of halogens is 1. The Morgan fingerprint density at radius 3 is 2.21 bits per heavy atom. The van der Waals surface area contributed by atoms with Crippen LogP contribution in [0.25, 0.3) is 0 Å². The lowest BCUT2D eigenvalue weighted by Crippen LogP contribution is -2.67. The number of ether oxygens (including phenoxy) is 2. The normalized spacial score (nSPS) is 34.1. The minimum Gasteiger partial charge on any atom is -0.352 e. The zero-order chi connectivity index (χ0) is 10.2. The van der Waals surface area contributed by atoms with Crippen molar-refractivity contribution in [2.75, 3.05) is 27.3 Å². The number of alkyl halides is 1. The Bertz CT molecular complexity index is 212. The summed E-state index contributed by atoms with van der Waals surface area (Å²) >= 11 is 6.43. The van der Waals surface area contributed by atoms with Crippen molar-refractivity contribution in [2.24, 2.45) is 5.41 Å². The van der Waals surface area contributed by atoms with Crippen LogP contribution in [0.3, 0.4) is 0 Å². The maximum absolute atomic E-state index is 6.43. The van der Waals surface area contributed by atoms with Gasteiger partial charge in [0.2, 0.25) is 0 Å². The van der Waals surface area contributed by atoms with Gasteiger partial charge < -0.3 is 14.8 Å². The second kappa shape index (κ2) is 3.63. The van der Waals surface area contributed by atoms with Crippen molar-refractivity contribution in [1.82, 2.24) is 5.32 Å². The second-order valence-electron chi connectivity index (χ2n) is 4.37. The van der Waals surface area contributed by atoms with Crippen molar-refractivity contribution < 1.29 is 9.47 Å². The first-order chi connectivity index (χ1) is 6.69. The zero-order valence-electron chi connectivity index (χ0n) is 8.81. The van der Waals surface area contributed by atoms with Gasteiger partial charge in [-0.15, -0.1) is 11.6 Å². The number of hydrogen-bond acceptors (Lipinski definition) is 3. The van der Waals surface area contributed by atoms with Crippen LogP contribution in [0, 0.1) is 5.41 Å². The predicted molar refractivity (Wildman–Crippen MR) is 55.5 cm³/mol. The van der Waals surface area contributed by atoms with Crippen LogP contribution in [0.2, 0.25) is 0 Å². The van der Waals surface area contributed by atoms with E-state index in [-0.39, 0.29) is 10.8 Å². The van der Waals surface area contributed by atoms with E-state index >= 15 is 0 Å². The summed E-state index contributed by atoms with van der Waals surface area (Å²) in [5, 5.41) is 3.34. The molecule has 1 heterocycles. The van der Waals surface area contributed by atoms with E-state index in [1.54, 1.807) is 14.2 Å². The molecule has 1 N–H and O–H groups in total. The Balaban J connectivity index is 2.06. The first kappa shape index (κ1) is 10.7. The third-order valence-corrected chi connectivity index (χ3v) is 4.61. The van der Waals surface area contributed by atoms with Crippen LogP contribution in [-0.4, -0.2) is 38.5 Å². The molecular formula is C10H18ClNO2. The van der Waals surface area contributed by atoms with Crippen molar-refractivity contribution >= 4 is 11.6 Å². The van der Waals surface area contributed by atoms with Crippen molar-refractivity contribution in [1.29, 1.82) is 0 Å². The molecule has 1 saturated heterocycles. The average molecular weight is 220 g/mol. The smallest absolute Gasteiger partial charge is 0.185 e. The van der Waals surface area contributed by atoms with Crippen LogP contribution >= 0.6 is 11.6 Å². The lowest BCUT2D eigenvalue weighted by Gasteiger charge is -2.59. The summed E-state index contributed by atoms with van der Waals surface area (Å²) in [6, 6.07) is 0. The Hall–Kier alpha value is 0.170. The molecule has 4 heteroatoms. The number of piperidine rings is 1. The average Bonchev–Trinajstić information content (AvgIpc) is 2.26. The minimum atomic E-state index is -0.529. The Labute approximate surface area is 90.1 Å². The Morgan fingerprint density at radius 1 is 1.21 bits per heavy atom. The van der Waals surface area contributed by atoms with Crippen LogP contribution in [0.4, 0.5) is 0 Å². The van der Waals surface area contributed by atoms with Gasteiger partial charge in [0.05, 0.1) is 5.38 Å². The number of nitrogens with one attached hydrogen (secondary N) is 1. The number of methoxy groups -OCH3 is 2. The molecule has 0 aromatic heterocycles. The van der Waals surface area contributed by atoms with Crippen LogP contribution in [0.1, 0.15) is 19.3 Å². The molecule has 1 unspecified atom stereocenters. The summed E-state index contributed by atoms with van der Waals surface area (Å²) in [4.78, 5) is 0. The van der Waals surface area contributed by atoms with E-state index in [0.717, 1.165) is 32.4 Å². The molecule has 2 aliphatic rings. The Morgan fingerprint density at radius 2 is 1.79 bits per heavy atom. The van der Waals surface area contributed by atoms with Gasteiger partial charge in [-0.3, -0.25) is 0 Å². The molecule has 0 radical (unpaired) electrons. The molecule has 82 valence electrons. The van der Waals surface area contributed by atoms with Crippen molar-refractivity contribution in [3.8, 4) is 0 Å². The quantitative estimate of drug-likeness (QED) is 0.562. The third-order valence-electron chi connectivity index (χ3n) is 3.81. The van der Waals surface area contributed by atoms with Gasteiger partial charge in [0, 0.05) is 20.6 Å². The molecule has 0 bridgehead atoms. The van der Waals surface area contributed by atoms with Crippen molar-refractivity contribution in [2.45, 2.75) is 30.4 Å². The van der Waals surface area contributed by atoms with Gasteiger partial charge in [-0.25, -0.2) is 0 Å². The maximum atomic E-state index is 6.43. The van der Waals surface area contributed by atoms with Gasteiger partial charge >= 0.3 is 0 Å². The van der Waals surface area contributed by atoms with Gasteiger partial charge in [-0.1, -0.05) is 0 Å². The molecule has 2 fully saturated rings. The highest BCUT2D eigenvalue weighted by atomic mass is 35.5. The summed E-state index contributed by atoms with van der Waals surface area (Å²) in [6.45, 7) is 2.12. The number of rotatable bonds is 2.